The third-order valence-electron chi connectivity index (χ3n) is 19.9. The number of hydrogen-bond acceptors (Lipinski definition) is 17. The van der Waals surface area contributed by atoms with E-state index in [4.69, 9.17) is 35.3 Å². The number of halogens is 1. The van der Waals surface area contributed by atoms with Crippen LogP contribution < -0.4 is 38.9 Å². The minimum atomic E-state index is -1.15. The summed E-state index contributed by atoms with van der Waals surface area (Å²) in [5.41, 5.74) is 11.6. The van der Waals surface area contributed by atoms with Gasteiger partial charge in [0, 0.05) is 169 Å². The van der Waals surface area contributed by atoms with Crippen LogP contribution in [-0.2, 0) is 31.0 Å². The first-order valence-electron chi connectivity index (χ1n) is 35.6. The Balaban J connectivity index is 0.000000163. The van der Waals surface area contributed by atoms with Crippen molar-refractivity contribution in [2.45, 2.75) is 99.9 Å². The summed E-state index contributed by atoms with van der Waals surface area (Å²) in [4.78, 5) is 65.9. The van der Waals surface area contributed by atoms with Gasteiger partial charge in [0.15, 0.2) is 33.9 Å². The third kappa shape index (κ3) is 14.0. The number of nitrogens with zero attached hydrogens (tertiary/aromatic N) is 9. The largest absolute Gasteiger partial charge is 0.495 e. The van der Waals surface area contributed by atoms with Gasteiger partial charge >= 0.3 is 17.9 Å². The fraction of sp³-hybridized carbons (Fsp3) is 0.349. The van der Waals surface area contributed by atoms with Crippen molar-refractivity contribution in [3.8, 4) is 11.6 Å². The van der Waals surface area contributed by atoms with Gasteiger partial charge in [-0.15, -0.1) is 0 Å². The van der Waals surface area contributed by atoms with Gasteiger partial charge in [0.25, 0.3) is 0 Å². The van der Waals surface area contributed by atoms with Crippen LogP contribution in [0.25, 0.3) is 0 Å². The maximum absolute atomic E-state index is 13.1. The highest BCUT2D eigenvalue weighted by atomic mass is 35.5. The lowest BCUT2D eigenvalue weighted by molar-refractivity contribution is 0.0239. The lowest BCUT2D eigenvalue weighted by Gasteiger charge is -2.32. The molecule has 101 heavy (non-hydrogen) atoms. The molecular weight excluding hydrogens is 1290 g/mol. The molecule has 0 aliphatic carbocycles. The molecule has 0 N–H and O–H groups in total. The first-order valence-corrected chi connectivity index (χ1v) is 36.0. The zero-order valence-electron chi connectivity index (χ0n) is 61.0. The molecule has 3 aromatic heterocycles. The number of anilines is 6. The number of carbonyl (C=O) groups is 3. The maximum atomic E-state index is 13.1. The molecular formula is C83H96ClN9O8. The van der Waals surface area contributed by atoms with Crippen LogP contribution in [0.2, 0.25) is 5.02 Å². The molecule has 12 rings (SSSR count). The number of esters is 3. The Hall–Kier alpha value is -10.1. The van der Waals surface area contributed by atoms with Crippen molar-refractivity contribution in [3.05, 3.63) is 254 Å². The number of hydrogen-bond donors (Lipinski definition) is 0. The Bertz CT molecular complexity index is 4100. The van der Waals surface area contributed by atoms with Crippen LogP contribution in [0.1, 0.15) is 165 Å². The van der Waals surface area contributed by atoms with E-state index in [1.54, 1.807) is 38.7 Å². The first-order chi connectivity index (χ1) is 49.0. The Labute approximate surface area is 601 Å². The molecule has 0 saturated heterocycles. The number of cyclic esters (lactones) is 3. The second-order valence-corrected chi connectivity index (χ2v) is 25.0. The molecule has 3 aliphatic heterocycles. The number of ether oxygens (including phenoxy) is 5. The van der Waals surface area contributed by atoms with E-state index in [1.807, 2.05) is 60.7 Å². The van der Waals surface area contributed by atoms with Crippen molar-refractivity contribution in [1.29, 1.82) is 0 Å². The van der Waals surface area contributed by atoms with Gasteiger partial charge in [0.1, 0.15) is 5.75 Å². The second-order valence-electron chi connectivity index (χ2n) is 24.6. The second kappa shape index (κ2) is 32.5. The van der Waals surface area contributed by atoms with Crippen LogP contribution in [0.3, 0.4) is 0 Å². The minimum Gasteiger partial charge on any atom is -0.495 e. The zero-order chi connectivity index (χ0) is 72.2. The molecule has 0 radical (unpaired) electrons. The number of methoxy groups -OCH3 is 2. The molecule has 6 aromatic carbocycles. The fourth-order valence-electron chi connectivity index (χ4n) is 14.4. The monoisotopic (exact) mass is 1380 g/mol. The smallest absolute Gasteiger partial charge is 0.359 e. The maximum Gasteiger partial charge on any atom is 0.359 e. The van der Waals surface area contributed by atoms with Crippen LogP contribution in [0.5, 0.6) is 11.6 Å². The fourth-order valence-corrected chi connectivity index (χ4v) is 14.7. The van der Waals surface area contributed by atoms with Gasteiger partial charge in [-0.1, -0.05) is 84.4 Å². The van der Waals surface area contributed by atoms with E-state index in [0.29, 0.717) is 39.2 Å². The lowest BCUT2D eigenvalue weighted by atomic mass is 9.80. The summed E-state index contributed by atoms with van der Waals surface area (Å²) >= 11 is 6.68. The van der Waals surface area contributed by atoms with Crippen LogP contribution in [0, 0.1) is 0 Å². The molecule has 9 aromatic rings. The predicted octanol–water partition coefficient (Wildman–Crippen LogP) is 16.4. The Morgan fingerprint density at radius 2 is 0.644 bits per heavy atom. The van der Waals surface area contributed by atoms with Gasteiger partial charge in [0.05, 0.1) is 31.0 Å². The molecule has 0 amide bonds. The van der Waals surface area contributed by atoms with Gasteiger partial charge in [-0.25, -0.2) is 29.3 Å². The molecule has 0 saturated carbocycles. The quantitative estimate of drug-likeness (QED) is 0.0372. The number of fused-ring (bicyclic) bond motifs is 3. The van der Waals surface area contributed by atoms with Gasteiger partial charge in [-0.2, -0.15) is 0 Å². The molecule has 0 spiro atoms. The highest BCUT2D eigenvalue weighted by molar-refractivity contribution is 6.32. The van der Waals surface area contributed by atoms with E-state index >= 15 is 0 Å². The molecule has 0 fully saturated rings. The molecule has 6 heterocycles. The van der Waals surface area contributed by atoms with Crippen molar-refractivity contribution < 1.29 is 38.1 Å². The van der Waals surface area contributed by atoms with E-state index in [2.05, 4.69) is 224 Å². The third-order valence-corrected chi connectivity index (χ3v) is 20.2. The average molecular weight is 1380 g/mol. The summed E-state index contributed by atoms with van der Waals surface area (Å²) in [6.45, 7) is 36.8. The Kier molecular flexibility index (Phi) is 23.6. The molecule has 0 unspecified atom stereocenters. The van der Waals surface area contributed by atoms with E-state index in [-0.39, 0.29) is 5.69 Å². The van der Waals surface area contributed by atoms with E-state index < -0.39 is 34.7 Å². The summed E-state index contributed by atoms with van der Waals surface area (Å²) in [5, 5.41) is 0.464. The number of carbonyl (C=O) groups excluding carboxylic acids is 3. The summed E-state index contributed by atoms with van der Waals surface area (Å²) in [6.07, 6.45) is 3.11. The average Bonchev–Trinajstić information content (AvgIpc) is 1.62. The lowest BCUT2D eigenvalue weighted by Crippen LogP contribution is -2.30. The first kappa shape index (κ1) is 73.6. The summed E-state index contributed by atoms with van der Waals surface area (Å²) < 4.78 is 29.3. The summed E-state index contributed by atoms with van der Waals surface area (Å²) in [6, 6.07) is 56.8. The highest BCUT2D eigenvalue weighted by Gasteiger charge is 2.53. The molecule has 528 valence electrons. The molecule has 18 heteroatoms. The number of pyridine rings is 3. The van der Waals surface area contributed by atoms with Crippen molar-refractivity contribution in [2.75, 3.05) is 122 Å². The summed E-state index contributed by atoms with van der Waals surface area (Å²) in [5.74, 6) is -0.373. The number of rotatable bonds is 26. The van der Waals surface area contributed by atoms with Crippen LogP contribution in [0.15, 0.2) is 182 Å². The standard InChI is InChI=1S/2C28H33N3O3.C27H30ClN3O2/c1-6-30(7-2)22-14-10-20(11-15-22)28(21-12-16-23(17-13-21)31(8-3)9-4)25-18-24(33-5)19-29-26(25)27(32)34-28;1-6-30(7-2)22-14-10-20(11-15-22)28(21-12-16-23(17-13-21)31(8-3)9-4)24-18-19-25(33-5)29-26(24)27(32)34-28;1-5-30(6-2)21-13-9-19(10-14-21)27(20-11-15-22(16-12-20)31(7-3)8-4)24-23(28)17-18-29-25(24)26(32)33-27/h2*10-19H,6-9H2,1-5H3;9-18H,5-8H2,1-4H3. The van der Waals surface area contributed by atoms with Crippen LogP contribution in [-0.4, -0.2) is 126 Å². The van der Waals surface area contributed by atoms with Crippen molar-refractivity contribution in [1.82, 2.24) is 15.0 Å². The van der Waals surface area contributed by atoms with Gasteiger partial charge in [-0.3, -0.25) is 0 Å². The zero-order valence-corrected chi connectivity index (χ0v) is 61.7. The molecule has 0 bridgehead atoms. The number of aromatic nitrogens is 3. The molecule has 17 nitrogen and oxygen atoms in total. The van der Waals surface area contributed by atoms with E-state index in [1.165, 1.54) is 0 Å². The summed E-state index contributed by atoms with van der Waals surface area (Å²) in [7, 11) is 3.14. The highest BCUT2D eigenvalue weighted by Crippen LogP contribution is 2.52. The van der Waals surface area contributed by atoms with E-state index in [0.717, 1.165) is 152 Å². The normalized spacial score (nSPS) is 13.9. The molecule has 3 aliphatic rings. The predicted molar refractivity (Wildman–Crippen MR) is 407 cm³/mol. The van der Waals surface area contributed by atoms with Gasteiger partial charge in [0.2, 0.25) is 5.88 Å². The van der Waals surface area contributed by atoms with Gasteiger partial charge < -0.3 is 53.1 Å². The minimum absolute atomic E-state index is 0.267. The Morgan fingerprint density at radius 1 is 0.347 bits per heavy atom. The van der Waals surface area contributed by atoms with Crippen molar-refractivity contribution in [2.24, 2.45) is 0 Å². The molecule has 0 atom stereocenters. The van der Waals surface area contributed by atoms with Crippen LogP contribution >= 0.6 is 11.6 Å². The Morgan fingerprint density at radius 3 is 0.960 bits per heavy atom. The SMILES string of the molecule is CCN(CC)c1ccc(C2(c3ccc(N(CC)CC)cc3)OC(=O)c3nc(OC)ccc32)cc1.CCN(CC)c1ccc(C2(c3ccc(N(CC)CC)cc3)OC(=O)c3ncc(OC)cc32)cc1.CCN(CC)c1ccc(C2(c3ccc(N(CC)CC)cc3)OC(=O)c3nccc(Cl)c32)cc1. The topological polar surface area (TPSA) is 155 Å². The van der Waals surface area contributed by atoms with Gasteiger partial charge in [-0.05, 0) is 174 Å². The number of benzene rings is 6. The van der Waals surface area contributed by atoms with Crippen molar-refractivity contribution >= 4 is 63.6 Å². The van der Waals surface area contributed by atoms with E-state index in [9.17, 15) is 14.4 Å². The van der Waals surface area contributed by atoms with Crippen molar-refractivity contribution in [3.63, 3.8) is 0 Å². The van der Waals surface area contributed by atoms with Crippen LogP contribution in [0.4, 0.5) is 34.1 Å².